The Labute approximate surface area is 136 Å². The number of benzene rings is 1. The molecule has 0 heterocycles. The molecule has 0 aliphatic carbocycles. The number of rotatable bonds is 6. The molecular weight excluding hydrogens is 300 g/mol. The SMILES string of the molecule is CC[Si](C)(C)c1cc([Si](C)(C)CC)cc([Si](C)(C)CC)c1. The lowest BCUT2D eigenvalue weighted by Gasteiger charge is -2.31. The molecule has 0 aliphatic heterocycles. The van der Waals surface area contributed by atoms with Crippen LogP contribution in [0, 0.1) is 0 Å². The van der Waals surface area contributed by atoms with Crippen LogP contribution in [0.1, 0.15) is 20.8 Å². The van der Waals surface area contributed by atoms with Crippen molar-refractivity contribution in [3.63, 3.8) is 0 Å². The number of hydrogen-bond donors (Lipinski definition) is 0. The molecule has 21 heavy (non-hydrogen) atoms. The molecule has 0 saturated carbocycles. The summed E-state index contributed by atoms with van der Waals surface area (Å²) in [6.45, 7) is 22.4. The van der Waals surface area contributed by atoms with Gasteiger partial charge in [-0.2, -0.15) is 0 Å². The smallest absolute Gasteiger partial charge is 0.0675 e. The van der Waals surface area contributed by atoms with E-state index >= 15 is 0 Å². The van der Waals surface area contributed by atoms with Crippen LogP contribution in [-0.4, -0.2) is 24.2 Å². The Bertz CT molecular complexity index is 403. The fraction of sp³-hybridized carbons (Fsp3) is 0.667. The highest BCUT2D eigenvalue weighted by atomic mass is 28.3. The predicted octanol–water partition coefficient (Wildman–Crippen LogP) is 4.49. The normalized spacial score (nSPS) is 13.6. The van der Waals surface area contributed by atoms with Crippen LogP contribution in [0.5, 0.6) is 0 Å². The summed E-state index contributed by atoms with van der Waals surface area (Å²) in [7, 11) is -3.76. The van der Waals surface area contributed by atoms with E-state index in [9.17, 15) is 0 Å². The molecule has 0 N–H and O–H groups in total. The summed E-state index contributed by atoms with van der Waals surface area (Å²) in [4.78, 5) is 0. The molecule has 0 aliphatic rings. The quantitative estimate of drug-likeness (QED) is 0.671. The standard InChI is InChI=1S/C18H36Si3/c1-10-19(4,5)16-13-17(20(6,7)11-2)15-18(14-16)21(8,9)12-3/h13-15H,10-12H2,1-9H3. The zero-order chi connectivity index (χ0) is 16.5. The van der Waals surface area contributed by atoms with Gasteiger partial charge < -0.3 is 0 Å². The van der Waals surface area contributed by atoms with E-state index in [2.05, 4.69) is 78.3 Å². The van der Waals surface area contributed by atoms with Crippen molar-refractivity contribution in [1.82, 2.24) is 0 Å². The maximum absolute atomic E-state index is 2.61. The zero-order valence-electron chi connectivity index (χ0n) is 15.9. The summed E-state index contributed by atoms with van der Waals surface area (Å²) < 4.78 is 0. The van der Waals surface area contributed by atoms with Gasteiger partial charge >= 0.3 is 0 Å². The highest BCUT2D eigenvalue weighted by Crippen LogP contribution is 2.15. The van der Waals surface area contributed by atoms with Crippen LogP contribution in [0.25, 0.3) is 0 Å². The molecule has 1 rings (SSSR count). The first kappa shape index (κ1) is 18.9. The zero-order valence-corrected chi connectivity index (χ0v) is 18.9. The Morgan fingerprint density at radius 2 is 0.714 bits per heavy atom. The van der Waals surface area contributed by atoms with Crippen LogP contribution in [-0.2, 0) is 0 Å². The second kappa shape index (κ2) is 6.55. The lowest BCUT2D eigenvalue weighted by atomic mass is 10.3. The van der Waals surface area contributed by atoms with Crippen molar-refractivity contribution >= 4 is 39.8 Å². The third-order valence-corrected chi connectivity index (χ3v) is 16.8. The van der Waals surface area contributed by atoms with Gasteiger partial charge in [0.05, 0.1) is 24.2 Å². The lowest BCUT2D eigenvalue weighted by Crippen LogP contribution is -2.53. The van der Waals surface area contributed by atoms with Crippen LogP contribution < -0.4 is 15.6 Å². The van der Waals surface area contributed by atoms with Crippen molar-refractivity contribution in [3.05, 3.63) is 18.2 Å². The third kappa shape index (κ3) is 4.20. The minimum absolute atomic E-state index is 1.25. The Morgan fingerprint density at radius 3 is 0.857 bits per heavy atom. The van der Waals surface area contributed by atoms with Gasteiger partial charge in [0.25, 0.3) is 0 Å². The molecule has 1 aromatic rings. The molecule has 0 unspecified atom stereocenters. The summed E-state index contributed by atoms with van der Waals surface area (Å²) in [6, 6.07) is 11.9. The van der Waals surface area contributed by atoms with Gasteiger partial charge in [-0.1, -0.05) is 112 Å². The topological polar surface area (TPSA) is 0 Å². The molecule has 120 valence electrons. The molecule has 0 aromatic heterocycles. The van der Waals surface area contributed by atoms with Crippen molar-refractivity contribution in [3.8, 4) is 0 Å². The fourth-order valence-electron chi connectivity index (χ4n) is 2.41. The molecular formula is C18H36Si3. The Kier molecular flexibility index (Phi) is 5.90. The van der Waals surface area contributed by atoms with E-state index < -0.39 is 24.2 Å². The molecule has 0 radical (unpaired) electrons. The van der Waals surface area contributed by atoms with Crippen LogP contribution in [0.15, 0.2) is 18.2 Å². The van der Waals surface area contributed by atoms with Crippen LogP contribution >= 0.6 is 0 Å². The highest BCUT2D eigenvalue weighted by molar-refractivity contribution is 6.95. The Balaban J connectivity index is 3.55. The molecule has 0 atom stereocenters. The van der Waals surface area contributed by atoms with Gasteiger partial charge in [0.2, 0.25) is 0 Å². The first-order valence-corrected chi connectivity index (χ1v) is 18.3. The second-order valence-electron chi connectivity index (χ2n) is 8.51. The second-order valence-corrected chi connectivity index (χ2v) is 23.7. The van der Waals surface area contributed by atoms with E-state index in [0.29, 0.717) is 0 Å². The molecule has 3 heteroatoms. The molecule has 0 bridgehead atoms. The van der Waals surface area contributed by atoms with Gasteiger partial charge in [-0.05, 0) is 0 Å². The van der Waals surface area contributed by atoms with Gasteiger partial charge in [0.15, 0.2) is 0 Å². The minimum Gasteiger partial charge on any atom is -0.0675 e. The predicted molar refractivity (Wildman–Crippen MR) is 109 cm³/mol. The first-order valence-electron chi connectivity index (χ1n) is 8.66. The largest absolute Gasteiger partial charge is 0.0803 e. The maximum Gasteiger partial charge on any atom is 0.0803 e. The third-order valence-electron chi connectivity index (χ3n) is 5.93. The molecule has 1 aromatic carbocycles. The summed E-state index contributed by atoms with van der Waals surface area (Å²) in [5.74, 6) is 0. The highest BCUT2D eigenvalue weighted by Gasteiger charge is 2.30. The average molecular weight is 337 g/mol. The van der Waals surface area contributed by atoms with Gasteiger partial charge in [0.1, 0.15) is 0 Å². The summed E-state index contributed by atoms with van der Waals surface area (Å²) in [6.07, 6.45) is 0. The van der Waals surface area contributed by atoms with Gasteiger partial charge in [0, 0.05) is 0 Å². The van der Waals surface area contributed by atoms with Crippen molar-refractivity contribution in [2.45, 2.75) is 78.2 Å². The van der Waals surface area contributed by atoms with Crippen molar-refractivity contribution in [2.75, 3.05) is 0 Å². The molecule has 0 spiro atoms. The van der Waals surface area contributed by atoms with Crippen LogP contribution in [0.3, 0.4) is 0 Å². The summed E-state index contributed by atoms with van der Waals surface area (Å²) in [5.41, 5.74) is 0. The van der Waals surface area contributed by atoms with E-state index in [-0.39, 0.29) is 0 Å². The molecule has 0 nitrogen and oxygen atoms in total. The Morgan fingerprint density at radius 1 is 0.524 bits per heavy atom. The Hall–Kier alpha value is -0.129. The van der Waals surface area contributed by atoms with E-state index in [1.165, 1.54) is 18.1 Å². The minimum atomic E-state index is -1.25. The summed E-state index contributed by atoms with van der Waals surface area (Å²) in [5, 5.41) is 5.13. The lowest BCUT2D eigenvalue weighted by molar-refractivity contribution is 1.36. The van der Waals surface area contributed by atoms with Crippen LogP contribution in [0.4, 0.5) is 0 Å². The van der Waals surface area contributed by atoms with E-state index in [4.69, 9.17) is 0 Å². The molecule has 0 saturated heterocycles. The average Bonchev–Trinajstić information content (AvgIpc) is 2.46. The van der Waals surface area contributed by atoms with Crippen molar-refractivity contribution in [2.24, 2.45) is 0 Å². The van der Waals surface area contributed by atoms with Crippen molar-refractivity contribution in [1.29, 1.82) is 0 Å². The number of hydrogen-bond acceptors (Lipinski definition) is 0. The van der Waals surface area contributed by atoms with E-state index in [0.717, 1.165) is 0 Å². The monoisotopic (exact) mass is 336 g/mol. The van der Waals surface area contributed by atoms with Crippen LogP contribution in [0.2, 0.25) is 57.4 Å². The fourth-order valence-corrected chi connectivity index (χ4v) is 7.35. The van der Waals surface area contributed by atoms with Gasteiger partial charge in [-0.3, -0.25) is 0 Å². The first-order chi connectivity index (χ1) is 9.50. The maximum atomic E-state index is 2.61. The van der Waals surface area contributed by atoms with Gasteiger partial charge in [-0.15, -0.1) is 0 Å². The van der Waals surface area contributed by atoms with Gasteiger partial charge in [-0.25, -0.2) is 0 Å². The van der Waals surface area contributed by atoms with E-state index in [1.807, 2.05) is 0 Å². The van der Waals surface area contributed by atoms with E-state index in [1.54, 1.807) is 15.6 Å². The molecule has 0 amide bonds. The van der Waals surface area contributed by atoms with Crippen molar-refractivity contribution < 1.29 is 0 Å². The molecule has 0 fully saturated rings. The summed E-state index contributed by atoms with van der Waals surface area (Å²) >= 11 is 0.